The summed E-state index contributed by atoms with van der Waals surface area (Å²) in [5.74, 6) is -0.204. The SMILES string of the molecule is CCC[C@H](NC(=O)OCc1ccccc1)[C@@H]1NC(=O)C2(CCN(CCCCc3ccccc3)CC2)N(CCC)C1=O.Cl. The molecule has 2 aliphatic rings. The molecule has 0 radical (unpaired) electrons. The summed E-state index contributed by atoms with van der Waals surface area (Å²) >= 11 is 0. The van der Waals surface area contributed by atoms with Gasteiger partial charge in [0.2, 0.25) is 11.8 Å². The Morgan fingerprint density at radius 2 is 1.60 bits per heavy atom. The van der Waals surface area contributed by atoms with E-state index in [0.29, 0.717) is 25.8 Å². The van der Waals surface area contributed by atoms with Crippen molar-refractivity contribution in [2.45, 2.75) is 89.4 Å². The van der Waals surface area contributed by atoms with Gasteiger partial charge in [-0.3, -0.25) is 9.59 Å². The van der Waals surface area contributed by atoms with Crippen LogP contribution in [0.3, 0.4) is 0 Å². The molecule has 1 spiro atoms. The second-order valence-electron chi connectivity index (χ2n) is 11.4. The highest BCUT2D eigenvalue weighted by Crippen LogP contribution is 2.34. The minimum Gasteiger partial charge on any atom is -0.445 e. The number of carbonyl (C=O) groups is 3. The molecule has 2 aromatic rings. The van der Waals surface area contributed by atoms with E-state index >= 15 is 0 Å². The van der Waals surface area contributed by atoms with Crippen LogP contribution in [0.2, 0.25) is 0 Å². The lowest BCUT2D eigenvalue weighted by molar-refractivity contribution is -0.162. The van der Waals surface area contributed by atoms with Crippen LogP contribution in [0.15, 0.2) is 60.7 Å². The number of ether oxygens (including phenoxy) is 1. The molecule has 2 aromatic carbocycles. The van der Waals surface area contributed by atoms with Gasteiger partial charge in [-0.15, -0.1) is 12.4 Å². The Morgan fingerprint density at radius 1 is 0.952 bits per heavy atom. The molecule has 2 N–H and O–H groups in total. The molecular formula is C33H47ClN4O4. The first kappa shape index (κ1) is 33.4. The van der Waals surface area contributed by atoms with Crippen LogP contribution in [0, 0.1) is 0 Å². The van der Waals surface area contributed by atoms with Gasteiger partial charge in [0.1, 0.15) is 18.2 Å². The maximum Gasteiger partial charge on any atom is 0.407 e. The van der Waals surface area contributed by atoms with Crippen LogP contribution in [-0.2, 0) is 27.4 Å². The highest BCUT2D eigenvalue weighted by Gasteiger charge is 2.54. The van der Waals surface area contributed by atoms with Crippen molar-refractivity contribution in [3.05, 3.63) is 71.8 Å². The van der Waals surface area contributed by atoms with E-state index in [1.807, 2.05) is 55.1 Å². The smallest absolute Gasteiger partial charge is 0.407 e. The number of aryl methyl sites for hydroxylation is 1. The predicted octanol–water partition coefficient (Wildman–Crippen LogP) is 5.10. The summed E-state index contributed by atoms with van der Waals surface area (Å²) in [6.45, 7) is 7.29. The van der Waals surface area contributed by atoms with Crippen LogP contribution in [0.1, 0.15) is 69.9 Å². The minimum atomic E-state index is -0.825. The van der Waals surface area contributed by atoms with E-state index in [0.717, 1.165) is 57.3 Å². The van der Waals surface area contributed by atoms with Crippen molar-refractivity contribution in [2.24, 2.45) is 0 Å². The number of benzene rings is 2. The quantitative estimate of drug-likeness (QED) is 0.313. The summed E-state index contributed by atoms with van der Waals surface area (Å²) in [5.41, 5.74) is 1.43. The fraction of sp³-hybridized carbons (Fsp3) is 0.545. The Kier molecular flexibility index (Phi) is 13.1. The van der Waals surface area contributed by atoms with E-state index in [-0.39, 0.29) is 30.8 Å². The molecule has 8 nitrogen and oxygen atoms in total. The van der Waals surface area contributed by atoms with Gasteiger partial charge in [0, 0.05) is 19.6 Å². The van der Waals surface area contributed by atoms with Crippen molar-refractivity contribution in [2.75, 3.05) is 26.2 Å². The first-order valence-electron chi connectivity index (χ1n) is 15.3. The lowest BCUT2D eigenvalue weighted by Crippen LogP contribution is -2.75. The highest BCUT2D eigenvalue weighted by atomic mass is 35.5. The number of halogens is 1. The van der Waals surface area contributed by atoms with Gasteiger partial charge < -0.3 is 25.2 Å². The number of likely N-dealkylation sites (tertiary alicyclic amines) is 1. The molecule has 4 rings (SSSR count). The number of piperazine rings is 1. The number of alkyl carbamates (subject to hydrolysis) is 1. The third-order valence-corrected chi connectivity index (χ3v) is 8.44. The molecule has 2 aliphatic heterocycles. The topological polar surface area (TPSA) is 91.0 Å². The molecule has 2 atom stereocenters. The van der Waals surface area contributed by atoms with Crippen LogP contribution in [-0.4, -0.2) is 71.5 Å². The molecule has 230 valence electrons. The van der Waals surface area contributed by atoms with Gasteiger partial charge in [0.25, 0.3) is 0 Å². The Morgan fingerprint density at radius 3 is 2.21 bits per heavy atom. The van der Waals surface area contributed by atoms with E-state index in [4.69, 9.17) is 4.74 Å². The van der Waals surface area contributed by atoms with E-state index < -0.39 is 23.7 Å². The second kappa shape index (κ2) is 16.5. The average Bonchev–Trinajstić information content (AvgIpc) is 3.00. The van der Waals surface area contributed by atoms with Gasteiger partial charge in [-0.05, 0) is 62.6 Å². The van der Waals surface area contributed by atoms with Crippen molar-refractivity contribution in [3.8, 4) is 0 Å². The number of nitrogens with zero attached hydrogens (tertiary/aromatic N) is 2. The number of nitrogens with one attached hydrogen (secondary N) is 2. The Balaban J connectivity index is 0.00000484. The maximum atomic E-state index is 13.9. The summed E-state index contributed by atoms with van der Waals surface area (Å²) in [6, 6.07) is 18.7. The summed E-state index contributed by atoms with van der Waals surface area (Å²) in [4.78, 5) is 44.6. The molecule has 9 heteroatoms. The number of carbonyl (C=O) groups excluding carboxylic acids is 3. The van der Waals surface area contributed by atoms with Crippen LogP contribution in [0.5, 0.6) is 0 Å². The Labute approximate surface area is 257 Å². The normalized spacial score (nSPS) is 19.1. The number of hydrogen-bond acceptors (Lipinski definition) is 5. The van der Waals surface area contributed by atoms with Crippen LogP contribution < -0.4 is 10.6 Å². The van der Waals surface area contributed by atoms with E-state index in [2.05, 4.69) is 39.8 Å². The minimum absolute atomic E-state index is 0. The molecule has 2 saturated heterocycles. The summed E-state index contributed by atoms with van der Waals surface area (Å²) in [5, 5.41) is 5.92. The fourth-order valence-electron chi connectivity index (χ4n) is 6.16. The summed E-state index contributed by atoms with van der Waals surface area (Å²) < 4.78 is 5.43. The number of hydrogen-bond donors (Lipinski definition) is 2. The second-order valence-corrected chi connectivity index (χ2v) is 11.4. The number of amides is 3. The van der Waals surface area contributed by atoms with E-state index in [1.54, 1.807) is 0 Å². The van der Waals surface area contributed by atoms with E-state index in [9.17, 15) is 14.4 Å². The van der Waals surface area contributed by atoms with Crippen LogP contribution in [0.25, 0.3) is 0 Å². The van der Waals surface area contributed by atoms with Crippen molar-refractivity contribution in [3.63, 3.8) is 0 Å². The van der Waals surface area contributed by atoms with Crippen molar-refractivity contribution < 1.29 is 19.1 Å². The Hall–Kier alpha value is -3.10. The monoisotopic (exact) mass is 598 g/mol. The third-order valence-electron chi connectivity index (χ3n) is 8.44. The van der Waals surface area contributed by atoms with Gasteiger partial charge in [0.05, 0.1) is 6.04 Å². The average molecular weight is 599 g/mol. The highest BCUT2D eigenvalue weighted by molar-refractivity contribution is 6.00. The number of unbranched alkanes of at least 4 members (excludes halogenated alkanes) is 1. The first-order valence-corrected chi connectivity index (χ1v) is 15.3. The zero-order valence-electron chi connectivity index (χ0n) is 25.1. The molecule has 0 bridgehead atoms. The van der Waals surface area contributed by atoms with Gasteiger partial charge in [-0.25, -0.2) is 4.79 Å². The zero-order valence-corrected chi connectivity index (χ0v) is 25.9. The maximum absolute atomic E-state index is 13.9. The molecular weight excluding hydrogens is 552 g/mol. The van der Waals surface area contributed by atoms with Crippen molar-refractivity contribution >= 4 is 30.3 Å². The van der Waals surface area contributed by atoms with Gasteiger partial charge >= 0.3 is 6.09 Å². The molecule has 0 saturated carbocycles. The number of rotatable bonds is 13. The first-order chi connectivity index (χ1) is 20.0. The zero-order chi connectivity index (χ0) is 29.1. The molecule has 0 unspecified atom stereocenters. The van der Waals surface area contributed by atoms with Crippen LogP contribution >= 0.6 is 12.4 Å². The predicted molar refractivity (Wildman–Crippen MR) is 167 cm³/mol. The van der Waals surface area contributed by atoms with Crippen molar-refractivity contribution in [1.82, 2.24) is 20.4 Å². The lowest BCUT2D eigenvalue weighted by Gasteiger charge is -2.52. The molecule has 3 amide bonds. The summed E-state index contributed by atoms with van der Waals surface area (Å²) in [6.07, 6.45) is 6.06. The van der Waals surface area contributed by atoms with Crippen LogP contribution in [0.4, 0.5) is 4.79 Å². The standard InChI is InChI=1S/C33H46N4O4.ClH/c1-3-13-28(34-32(40)41-25-27-17-9-6-10-18-27)29-30(38)37(21-4-2)33(31(39)35-29)19-23-36(24-20-33)22-12-11-16-26-14-7-5-8-15-26;/h5-10,14-15,17-18,28-29H,3-4,11-13,16,19-25H2,1-2H3,(H,34,40)(H,35,39);1H/t28-,29-;/m0./s1. The largest absolute Gasteiger partial charge is 0.445 e. The lowest BCUT2D eigenvalue weighted by atomic mass is 9.80. The number of piperidine rings is 1. The van der Waals surface area contributed by atoms with E-state index in [1.165, 1.54) is 5.56 Å². The van der Waals surface area contributed by atoms with Gasteiger partial charge in [-0.1, -0.05) is 80.9 Å². The fourth-order valence-corrected chi connectivity index (χ4v) is 6.16. The molecule has 0 aliphatic carbocycles. The molecule has 42 heavy (non-hydrogen) atoms. The summed E-state index contributed by atoms with van der Waals surface area (Å²) in [7, 11) is 0. The Bertz CT molecular complexity index is 1130. The third kappa shape index (κ3) is 8.48. The molecule has 2 heterocycles. The van der Waals surface area contributed by atoms with Gasteiger partial charge in [0.15, 0.2) is 0 Å². The van der Waals surface area contributed by atoms with Crippen molar-refractivity contribution in [1.29, 1.82) is 0 Å². The van der Waals surface area contributed by atoms with Gasteiger partial charge in [-0.2, -0.15) is 0 Å². The molecule has 2 fully saturated rings. The molecule has 0 aromatic heterocycles.